The van der Waals surface area contributed by atoms with Crippen LogP contribution in [-0.4, -0.2) is 28.8 Å². The molecule has 1 aliphatic heterocycles. The van der Waals surface area contributed by atoms with Gasteiger partial charge in [-0.05, 0) is 37.0 Å². The number of aryl methyl sites for hydroxylation is 3. The average molecular weight is 335 g/mol. The second-order valence-corrected chi connectivity index (χ2v) is 5.74. The van der Waals surface area contributed by atoms with Crippen LogP contribution in [0.3, 0.4) is 0 Å². The van der Waals surface area contributed by atoms with E-state index in [1.54, 1.807) is 21.8 Å². The number of rotatable bonds is 5. The number of para-hydroxylation sites is 1. The van der Waals surface area contributed by atoms with Crippen LogP contribution in [-0.2, 0) is 24.7 Å². The Morgan fingerprint density at radius 2 is 2.21 bits per heavy atom. The van der Waals surface area contributed by atoms with Crippen LogP contribution in [0.1, 0.15) is 24.1 Å². The van der Waals surface area contributed by atoms with Crippen molar-refractivity contribution in [2.75, 3.05) is 11.4 Å². The van der Waals surface area contributed by atoms with Gasteiger partial charge in [0, 0.05) is 31.9 Å². The fourth-order valence-electron chi connectivity index (χ4n) is 3.07. The lowest BCUT2D eigenvalue weighted by Crippen LogP contribution is -2.36. The number of amides is 1. The van der Waals surface area contributed by atoms with Gasteiger partial charge < -0.3 is 9.64 Å². The molecule has 0 spiro atoms. The first-order valence-electron chi connectivity index (χ1n) is 7.90. The summed E-state index contributed by atoms with van der Waals surface area (Å²) in [6.45, 7) is -2.40. The largest absolute Gasteiger partial charge is 0.433 e. The molecule has 0 fully saturated rings. The smallest absolute Gasteiger partial charge is 0.387 e. The number of fused-ring (bicyclic) bond motifs is 1. The summed E-state index contributed by atoms with van der Waals surface area (Å²) >= 11 is 0. The Labute approximate surface area is 138 Å². The minimum absolute atomic E-state index is 0.0658. The van der Waals surface area contributed by atoms with Crippen molar-refractivity contribution in [2.45, 2.75) is 32.3 Å². The Hall–Kier alpha value is -2.44. The second-order valence-electron chi connectivity index (χ2n) is 5.74. The number of ether oxygens (including phenoxy) is 1. The molecule has 1 amide bonds. The average Bonchev–Trinajstić information content (AvgIpc) is 2.97. The molecule has 128 valence electrons. The molecule has 3 rings (SSSR count). The standard InChI is InChI=1S/C17H19F2N3O2/c1-21-13(9-10-20-21)7-8-15(23)22-11-3-5-12-4-2-6-14(16(12)22)24-17(18)19/h2,4,6,9-10,17H,3,5,7-8,11H2,1H3. The van der Waals surface area contributed by atoms with Gasteiger partial charge in [-0.3, -0.25) is 9.48 Å². The van der Waals surface area contributed by atoms with Crippen molar-refractivity contribution >= 4 is 11.6 Å². The van der Waals surface area contributed by atoms with E-state index >= 15 is 0 Å². The highest BCUT2D eigenvalue weighted by Gasteiger charge is 2.27. The molecule has 24 heavy (non-hydrogen) atoms. The molecule has 2 aromatic rings. The number of hydrogen-bond donors (Lipinski definition) is 0. The summed E-state index contributed by atoms with van der Waals surface area (Å²) in [5.41, 5.74) is 2.31. The fourth-order valence-corrected chi connectivity index (χ4v) is 3.07. The Balaban J connectivity index is 1.80. The van der Waals surface area contributed by atoms with Crippen LogP contribution < -0.4 is 9.64 Å². The van der Waals surface area contributed by atoms with Crippen molar-refractivity contribution in [1.29, 1.82) is 0 Å². The van der Waals surface area contributed by atoms with Crippen molar-refractivity contribution in [3.8, 4) is 5.75 Å². The van der Waals surface area contributed by atoms with Gasteiger partial charge in [0.1, 0.15) is 5.75 Å². The number of benzene rings is 1. The maximum atomic E-state index is 12.7. The van der Waals surface area contributed by atoms with Crippen molar-refractivity contribution in [3.63, 3.8) is 0 Å². The summed E-state index contributed by atoms with van der Waals surface area (Å²) in [7, 11) is 1.82. The van der Waals surface area contributed by atoms with Gasteiger partial charge in [0.05, 0.1) is 5.69 Å². The molecular formula is C17H19F2N3O2. The molecule has 7 heteroatoms. The van der Waals surface area contributed by atoms with E-state index in [0.717, 1.165) is 24.1 Å². The number of carbonyl (C=O) groups is 1. The number of aromatic nitrogens is 2. The minimum Gasteiger partial charge on any atom is -0.433 e. The number of hydrogen-bond acceptors (Lipinski definition) is 3. The first-order valence-corrected chi connectivity index (χ1v) is 7.90. The number of nitrogens with zero attached hydrogens (tertiary/aromatic N) is 3. The molecule has 1 aliphatic rings. The maximum Gasteiger partial charge on any atom is 0.387 e. The van der Waals surface area contributed by atoms with Gasteiger partial charge in [-0.25, -0.2) is 0 Å². The predicted molar refractivity (Wildman–Crippen MR) is 85.3 cm³/mol. The lowest BCUT2D eigenvalue weighted by Gasteiger charge is -2.31. The molecule has 0 unspecified atom stereocenters. The SMILES string of the molecule is Cn1nccc1CCC(=O)N1CCCc2cccc(OC(F)F)c21. The van der Waals surface area contributed by atoms with Crippen LogP contribution in [0.4, 0.5) is 14.5 Å². The number of carbonyl (C=O) groups excluding carboxylic acids is 1. The summed E-state index contributed by atoms with van der Waals surface area (Å²) in [4.78, 5) is 14.2. The molecule has 0 bridgehead atoms. The van der Waals surface area contributed by atoms with E-state index in [1.165, 1.54) is 6.07 Å². The summed E-state index contributed by atoms with van der Waals surface area (Å²) in [5, 5.41) is 4.08. The highest BCUT2D eigenvalue weighted by molar-refractivity contribution is 5.96. The first kappa shape index (κ1) is 16.4. The van der Waals surface area contributed by atoms with Gasteiger partial charge in [0.15, 0.2) is 0 Å². The number of halogens is 2. The van der Waals surface area contributed by atoms with Gasteiger partial charge >= 0.3 is 6.61 Å². The molecule has 0 aliphatic carbocycles. The van der Waals surface area contributed by atoms with Gasteiger partial charge in [0.25, 0.3) is 0 Å². The number of alkyl halides is 2. The fraction of sp³-hybridized carbons (Fsp3) is 0.412. The monoisotopic (exact) mass is 335 g/mol. The zero-order chi connectivity index (χ0) is 17.1. The summed E-state index contributed by atoms with van der Waals surface area (Å²) in [5.74, 6) is -0.0291. The molecule has 1 aromatic heterocycles. The molecule has 0 saturated carbocycles. The van der Waals surface area contributed by atoms with Gasteiger partial charge in [-0.2, -0.15) is 13.9 Å². The Kier molecular flexibility index (Phi) is 4.78. The van der Waals surface area contributed by atoms with Crippen LogP contribution >= 0.6 is 0 Å². The highest BCUT2D eigenvalue weighted by atomic mass is 19.3. The van der Waals surface area contributed by atoms with E-state index in [2.05, 4.69) is 9.84 Å². The highest BCUT2D eigenvalue weighted by Crippen LogP contribution is 2.37. The van der Waals surface area contributed by atoms with Crippen molar-refractivity contribution in [2.24, 2.45) is 7.05 Å². The third kappa shape index (κ3) is 3.39. The molecule has 0 N–H and O–H groups in total. The van der Waals surface area contributed by atoms with E-state index in [-0.39, 0.29) is 11.7 Å². The molecular weight excluding hydrogens is 316 g/mol. The molecule has 0 saturated heterocycles. The van der Waals surface area contributed by atoms with Crippen molar-refractivity contribution < 1.29 is 18.3 Å². The van der Waals surface area contributed by atoms with Crippen molar-refractivity contribution in [3.05, 3.63) is 41.7 Å². The molecule has 2 heterocycles. The van der Waals surface area contributed by atoms with Gasteiger partial charge in [-0.1, -0.05) is 12.1 Å². The van der Waals surface area contributed by atoms with E-state index < -0.39 is 6.61 Å². The Bertz CT molecular complexity index is 730. The number of anilines is 1. The Morgan fingerprint density at radius 1 is 1.38 bits per heavy atom. The van der Waals surface area contributed by atoms with Crippen LogP contribution in [0.2, 0.25) is 0 Å². The topological polar surface area (TPSA) is 47.4 Å². The Morgan fingerprint density at radius 3 is 2.92 bits per heavy atom. The minimum atomic E-state index is -2.91. The van der Waals surface area contributed by atoms with E-state index in [0.29, 0.717) is 25.1 Å². The van der Waals surface area contributed by atoms with Gasteiger partial charge in [0.2, 0.25) is 5.91 Å². The van der Waals surface area contributed by atoms with Gasteiger partial charge in [-0.15, -0.1) is 0 Å². The summed E-state index contributed by atoms with van der Waals surface area (Å²) in [6.07, 6.45) is 4.09. The molecule has 5 nitrogen and oxygen atoms in total. The van der Waals surface area contributed by atoms with E-state index in [1.807, 2.05) is 19.2 Å². The molecule has 0 atom stereocenters. The van der Waals surface area contributed by atoms with Crippen LogP contribution in [0.25, 0.3) is 0 Å². The summed E-state index contributed by atoms with van der Waals surface area (Å²) < 4.78 is 31.7. The third-order valence-electron chi connectivity index (χ3n) is 4.21. The van der Waals surface area contributed by atoms with Crippen LogP contribution in [0, 0.1) is 0 Å². The first-order chi connectivity index (χ1) is 11.6. The zero-order valence-electron chi connectivity index (χ0n) is 13.4. The molecule has 1 aromatic carbocycles. The third-order valence-corrected chi connectivity index (χ3v) is 4.21. The van der Waals surface area contributed by atoms with Crippen molar-refractivity contribution in [1.82, 2.24) is 9.78 Å². The van der Waals surface area contributed by atoms with E-state index in [4.69, 9.17) is 0 Å². The summed E-state index contributed by atoms with van der Waals surface area (Å²) in [6, 6.07) is 6.88. The van der Waals surface area contributed by atoms with Crippen LogP contribution in [0.5, 0.6) is 5.75 Å². The normalized spacial score (nSPS) is 13.9. The van der Waals surface area contributed by atoms with E-state index in [9.17, 15) is 13.6 Å². The predicted octanol–water partition coefficient (Wildman–Crippen LogP) is 2.93. The lowest BCUT2D eigenvalue weighted by atomic mass is 10.0. The molecule has 0 radical (unpaired) electrons. The maximum absolute atomic E-state index is 12.7. The van der Waals surface area contributed by atoms with Crippen LogP contribution in [0.15, 0.2) is 30.5 Å². The zero-order valence-corrected chi connectivity index (χ0v) is 13.4. The lowest BCUT2D eigenvalue weighted by molar-refractivity contribution is -0.118. The quantitative estimate of drug-likeness (QED) is 0.844. The second kappa shape index (κ2) is 6.98.